The zero-order valence-electron chi connectivity index (χ0n) is 11.2. The summed E-state index contributed by atoms with van der Waals surface area (Å²) in [5.41, 5.74) is 6.20. The van der Waals surface area contributed by atoms with Gasteiger partial charge in [-0.15, -0.1) is 0 Å². The minimum absolute atomic E-state index is 0.510. The first-order chi connectivity index (χ1) is 10.2. The van der Waals surface area contributed by atoms with E-state index in [1.807, 2.05) is 42.5 Å². The van der Waals surface area contributed by atoms with Gasteiger partial charge in [-0.2, -0.15) is 0 Å². The van der Waals surface area contributed by atoms with Gasteiger partial charge in [0, 0.05) is 0 Å². The molecule has 0 heterocycles. The van der Waals surface area contributed by atoms with Crippen molar-refractivity contribution in [3.63, 3.8) is 0 Å². The van der Waals surface area contributed by atoms with Crippen molar-refractivity contribution in [2.75, 3.05) is 0 Å². The van der Waals surface area contributed by atoms with Crippen LogP contribution >= 0.6 is 0 Å². The predicted molar refractivity (Wildman–Crippen MR) is 83.1 cm³/mol. The average Bonchev–Trinajstić information content (AvgIpc) is 2.51. The molecule has 2 N–H and O–H groups in total. The van der Waals surface area contributed by atoms with Crippen molar-refractivity contribution >= 4 is 32.3 Å². The van der Waals surface area contributed by atoms with Crippen molar-refractivity contribution in [2.24, 2.45) is 5.73 Å². The smallest absolute Gasteiger partial charge is 0.257 e. The number of hydrogen-bond donors (Lipinski definition) is 1. The predicted octanol–water partition coefficient (Wildman–Crippen LogP) is 4.85. The standard InChI is InChI=1S/C18H13F2N/c19-18(20)17(21)14-9-7-12-5-4-10-2-1-3-11-6-8-13(14)16(12)15(10)11/h1-9,17-18H,21H2/t17-/m1/s1. The second kappa shape index (κ2) is 4.37. The molecule has 21 heavy (non-hydrogen) atoms. The van der Waals surface area contributed by atoms with E-state index < -0.39 is 12.5 Å². The highest BCUT2D eigenvalue weighted by molar-refractivity contribution is 6.23. The molecule has 4 aromatic carbocycles. The lowest BCUT2D eigenvalue weighted by atomic mass is 9.90. The van der Waals surface area contributed by atoms with E-state index >= 15 is 0 Å². The number of hydrogen-bond acceptors (Lipinski definition) is 1. The summed E-state index contributed by atoms with van der Waals surface area (Å²) in [6, 6.07) is 16.4. The second-order valence-electron chi connectivity index (χ2n) is 5.37. The van der Waals surface area contributed by atoms with Crippen molar-refractivity contribution in [1.29, 1.82) is 0 Å². The first kappa shape index (κ1) is 12.5. The molecule has 0 aliphatic carbocycles. The minimum Gasteiger partial charge on any atom is -0.319 e. The van der Waals surface area contributed by atoms with E-state index in [1.54, 1.807) is 6.07 Å². The van der Waals surface area contributed by atoms with E-state index in [0.29, 0.717) is 5.56 Å². The monoisotopic (exact) mass is 281 g/mol. The van der Waals surface area contributed by atoms with E-state index in [-0.39, 0.29) is 0 Å². The van der Waals surface area contributed by atoms with E-state index in [1.165, 1.54) is 0 Å². The molecule has 4 aromatic rings. The molecule has 0 spiro atoms. The summed E-state index contributed by atoms with van der Waals surface area (Å²) < 4.78 is 26.0. The van der Waals surface area contributed by atoms with E-state index in [4.69, 9.17) is 5.73 Å². The van der Waals surface area contributed by atoms with Crippen LogP contribution in [0.1, 0.15) is 11.6 Å². The second-order valence-corrected chi connectivity index (χ2v) is 5.37. The fraction of sp³-hybridized carbons (Fsp3) is 0.111. The number of nitrogens with two attached hydrogens (primary N) is 1. The molecule has 0 saturated carbocycles. The molecule has 104 valence electrons. The SMILES string of the molecule is N[C@H](c1ccc2ccc3cccc4ccc1c2c34)C(F)F. The Morgan fingerprint density at radius 3 is 1.95 bits per heavy atom. The van der Waals surface area contributed by atoms with Gasteiger partial charge in [-0.3, -0.25) is 0 Å². The van der Waals surface area contributed by atoms with Crippen LogP contribution in [0.3, 0.4) is 0 Å². The summed E-state index contributed by atoms with van der Waals surface area (Å²) in [6.45, 7) is 0. The molecule has 1 nitrogen and oxygen atoms in total. The van der Waals surface area contributed by atoms with Crippen molar-refractivity contribution in [1.82, 2.24) is 0 Å². The highest BCUT2D eigenvalue weighted by atomic mass is 19.3. The topological polar surface area (TPSA) is 26.0 Å². The molecular weight excluding hydrogens is 268 g/mol. The molecular formula is C18H13F2N. The Hall–Kier alpha value is -2.26. The number of alkyl halides is 2. The molecule has 0 saturated heterocycles. The van der Waals surface area contributed by atoms with Crippen LogP contribution in [0.5, 0.6) is 0 Å². The zero-order chi connectivity index (χ0) is 14.6. The van der Waals surface area contributed by atoms with E-state index in [0.717, 1.165) is 32.3 Å². The van der Waals surface area contributed by atoms with Crippen LogP contribution in [0.4, 0.5) is 8.78 Å². The quantitative estimate of drug-likeness (QED) is 0.522. The van der Waals surface area contributed by atoms with Crippen molar-refractivity contribution in [3.05, 3.63) is 60.2 Å². The van der Waals surface area contributed by atoms with Crippen LogP contribution in [-0.2, 0) is 0 Å². The molecule has 3 heteroatoms. The third kappa shape index (κ3) is 1.71. The third-order valence-corrected chi connectivity index (χ3v) is 4.19. The summed E-state index contributed by atoms with van der Waals surface area (Å²) in [6.07, 6.45) is -2.57. The number of benzene rings is 4. The Balaban J connectivity index is 2.20. The molecule has 0 fully saturated rings. The fourth-order valence-electron chi connectivity index (χ4n) is 3.18. The highest BCUT2D eigenvalue weighted by Crippen LogP contribution is 2.37. The van der Waals surface area contributed by atoms with Crippen LogP contribution in [0.25, 0.3) is 32.3 Å². The maximum absolute atomic E-state index is 13.0. The molecule has 0 unspecified atom stereocenters. The van der Waals surface area contributed by atoms with Gasteiger partial charge in [0.1, 0.15) is 0 Å². The summed E-state index contributed by atoms with van der Waals surface area (Å²) >= 11 is 0. The van der Waals surface area contributed by atoms with Gasteiger partial charge in [0.15, 0.2) is 0 Å². The molecule has 0 aromatic heterocycles. The lowest BCUT2D eigenvalue weighted by Crippen LogP contribution is -2.19. The summed E-state index contributed by atoms with van der Waals surface area (Å²) in [5, 5.41) is 6.26. The van der Waals surface area contributed by atoms with Gasteiger partial charge < -0.3 is 5.73 Å². The maximum Gasteiger partial charge on any atom is 0.257 e. The molecule has 0 bridgehead atoms. The normalized spacial score (nSPS) is 13.7. The summed E-state index contributed by atoms with van der Waals surface area (Å²) in [4.78, 5) is 0. The van der Waals surface area contributed by atoms with E-state index in [9.17, 15) is 8.78 Å². The van der Waals surface area contributed by atoms with Crippen LogP contribution in [-0.4, -0.2) is 6.43 Å². The van der Waals surface area contributed by atoms with Crippen molar-refractivity contribution in [2.45, 2.75) is 12.5 Å². The molecule has 0 aliphatic rings. The first-order valence-corrected chi connectivity index (χ1v) is 6.87. The lowest BCUT2D eigenvalue weighted by Gasteiger charge is -2.17. The van der Waals surface area contributed by atoms with Crippen LogP contribution in [0, 0.1) is 0 Å². The highest BCUT2D eigenvalue weighted by Gasteiger charge is 2.21. The Bertz CT molecular complexity index is 930. The summed E-state index contributed by atoms with van der Waals surface area (Å²) in [5.74, 6) is 0. The van der Waals surface area contributed by atoms with Gasteiger partial charge in [0.25, 0.3) is 6.43 Å². The Kier molecular flexibility index (Phi) is 2.59. The van der Waals surface area contributed by atoms with Crippen molar-refractivity contribution in [3.8, 4) is 0 Å². The lowest BCUT2D eigenvalue weighted by molar-refractivity contribution is 0.117. The van der Waals surface area contributed by atoms with Gasteiger partial charge in [-0.1, -0.05) is 54.6 Å². The Morgan fingerprint density at radius 1 is 0.714 bits per heavy atom. The van der Waals surface area contributed by atoms with Crippen LogP contribution in [0.2, 0.25) is 0 Å². The fourth-order valence-corrected chi connectivity index (χ4v) is 3.18. The Labute approximate surface area is 120 Å². The number of halogens is 2. The van der Waals surface area contributed by atoms with Crippen LogP contribution < -0.4 is 5.73 Å². The zero-order valence-corrected chi connectivity index (χ0v) is 11.2. The average molecular weight is 281 g/mol. The molecule has 0 radical (unpaired) electrons. The van der Waals surface area contributed by atoms with Gasteiger partial charge in [0.2, 0.25) is 0 Å². The van der Waals surface area contributed by atoms with Gasteiger partial charge in [-0.25, -0.2) is 8.78 Å². The molecule has 4 rings (SSSR count). The largest absolute Gasteiger partial charge is 0.319 e. The maximum atomic E-state index is 13.0. The summed E-state index contributed by atoms with van der Waals surface area (Å²) in [7, 11) is 0. The van der Waals surface area contributed by atoms with E-state index in [2.05, 4.69) is 6.07 Å². The molecule has 0 aliphatic heterocycles. The Morgan fingerprint density at radius 2 is 1.29 bits per heavy atom. The molecule has 1 atom stereocenters. The van der Waals surface area contributed by atoms with Crippen molar-refractivity contribution < 1.29 is 8.78 Å². The first-order valence-electron chi connectivity index (χ1n) is 6.87. The van der Waals surface area contributed by atoms with Gasteiger partial charge >= 0.3 is 0 Å². The minimum atomic E-state index is -2.57. The molecule has 0 amide bonds. The number of rotatable bonds is 2. The van der Waals surface area contributed by atoms with Gasteiger partial charge in [-0.05, 0) is 37.9 Å². The van der Waals surface area contributed by atoms with Gasteiger partial charge in [0.05, 0.1) is 6.04 Å². The van der Waals surface area contributed by atoms with Crippen LogP contribution in [0.15, 0.2) is 54.6 Å². The third-order valence-electron chi connectivity index (χ3n) is 4.19.